The third kappa shape index (κ3) is 5.84. The van der Waals surface area contributed by atoms with Crippen molar-refractivity contribution in [3.63, 3.8) is 0 Å². The molecule has 0 amide bonds. The number of benzene rings is 3. The summed E-state index contributed by atoms with van der Waals surface area (Å²) in [6.07, 6.45) is 0.0340. The molecule has 6 N–H and O–H groups in total. The summed E-state index contributed by atoms with van der Waals surface area (Å²) in [6, 6.07) is 25.2. The van der Waals surface area contributed by atoms with Gasteiger partial charge in [-0.25, -0.2) is 0 Å². The maximum absolute atomic E-state index is 11.4. The first-order chi connectivity index (χ1) is 14.0. The highest BCUT2D eigenvalue weighted by Gasteiger charge is 2.18. The van der Waals surface area contributed by atoms with Crippen LogP contribution in [0.1, 0.15) is 29.0 Å². The molecule has 0 aliphatic carbocycles. The van der Waals surface area contributed by atoms with E-state index in [0.29, 0.717) is 6.54 Å². The van der Waals surface area contributed by atoms with Crippen LogP contribution < -0.4 is 16.4 Å². The third-order valence-corrected chi connectivity index (χ3v) is 4.57. The van der Waals surface area contributed by atoms with Crippen molar-refractivity contribution in [2.24, 2.45) is 5.73 Å². The highest BCUT2D eigenvalue weighted by molar-refractivity contribution is 5.89. The topological polar surface area (TPSA) is 111 Å². The fourth-order valence-corrected chi connectivity index (χ4v) is 3.27. The van der Waals surface area contributed by atoms with Crippen molar-refractivity contribution in [1.82, 2.24) is 0 Å². The lowest BCUT2D eigenvalue weighted by Crippen LogP contribution is -2.20. The third-order valence-electron chi connectivity index (χ3n) is 4.57. The average Bonchev–Trinajstić information content (AvgIpc) is 2.71. The SMILES string of the molecule is N=C(N)Nc1cccc(CNc2cccc(C(CC(=O)O)c3ccccc3)c2)c1. The van der Waals surface area contributed by atoms with Crippen molar-refractivity contribution in [1.29, 1.82) is 5.41 Å². The zero-order valence-corrected chi connectivity index (χ0v) is 15.9. The summed E-state index contributed by atoms with van der Waals surface area (Å²) in [4.78, 5) is 11.4. The minimum absolute atomic E-state index is 0.0340. The van der Waals surface area contributed by atoms with Crippen molar-refractivity contribution in [3.05, 3.63) is 95.6 Å². The summed E-state index contributed by atoms with van der Waals surface area (Å²) in [5, 5.41) is 22.9. The Labute approximate surface area is 169 Å². The number of hydrogen-bond donors (Lipinski definition) is 5. The molecule has 0 saturated carbocycles. The van der Waals surface area contributed by atoms with Crippen LogP contribution in [0.2, 0.25) is 0 Å². The van der Waals surface area contributed by atoms with Gasteiger partial charge in [-0.05, 0) is 41.0 Å². The predicted molar refractivity (Wildman–Crippen MR) is 116 cm³/mol. The molecule has 3 rings (SSSR count). The number of rotatable bonds is 8. The Morgan fingerprint density at radius 2 is 1.62 bits per heavy atom. The van der Waals surface area contributed by atoms with E-state index in [-0.39, 0.29) is 18.3 Å². The van der Waals surface area contributed by atoms with Crippen LogP contribution in [0.5, 0.6) is 0 Å². The molecule has 0 fully saturated rings. The largest absolute Gasteiger partial charge is 0.481 e. The molecule has 29 heavy (non-hydrogen) atoms. The summed E-state index contributed by atoms with van der Waals surface area (Å²) in [6.45, 7) is 0.589. The zero-order chi connectivity index (χ0) is 20.6. The van der Waals surface area contributed by atoms with Crippen LogP contribution in [-0.4, -0.2) is 17.0 Å². The number of carboxylic acid groups (broad SMARTS) is 1. The van der Waals surface area contributed by atoms with Gasteiger partial charge < -0.3 is 21.5 Å². The fourth-order valence-electron chi connectivity index (χ4n) is 3.27. The quantitative estimate of drug-likeness (QED) is 0.293. The number of guanidine groups is 1. The van der Waals surface area contributed by atoms with E-state index >= 15 is 0 Å². The van der Waals surface area contributed by atoms with Crippen molar-refractivity contribution in [3.8, 4) is 0 Å². The van der Waals surface area contributed by atoms with Gasteiger partial charge in [0.05, 0.1) is 6.42 Å². The van der Waals surface area contributed by atoms with Gasteiger partial charge in [0.1, 0.15) is 0 Å². The molecule has 0 aliphatic heterocycles. The van der Waals surface area contributed by atoms with Gasteiger partial charge in [-0.2, -0.15) is 0 Å². The van der Waals surface area contributed by atoms with Crippen molar-refractivity contribution in [2.75, 3.05) is 10.6 Å². The second kappa shape index (κ2) is 9.41. The van der Waals surface area contributed by atoms with E-state index in [1.807, 2.05) is 78.9 Å². The molecule has 0 heterocycles. The molecule has 6 heteroatoms. The van der Waals surface area contributed by atoms with Crippen molar-refractivity contribution in [2.45, 2.75) is 18.9 Å². The monoisotopic (exact) mass is 388 g/mol. The van der Waals surface area contributed by atoms with Gasteiger partial charge in [-0.15, -0.1) is 0 Å². The van der Waals surface area contributed by atoms with Crippen LogP contribution >= 0.6 is 0 Å². The van der Waals surface area contributed by atoms with Gasteiger partial charge in [-0.1, -0.05) is 54.6 Å². The Kier molecular flexibility index (Phi) is 6.47. The standard InChI is InChI=1S/C23H24N4O2/c24-23(25)27-20-11-4-6-16(12-20)15-26-19-10-5-9-18(13-19)21(14-22(28)29)17-7-2-1-3-8-17/h1-13,21,26H,14-15H2,(H,28,29)(H4,24,25,27). The first-order valence-corrected chi connectivity index (χ1v) is 9.32. The predicted octanol–water partition coefficient (Wildman–Crippen LogP) is 4.21. The van der Waals surface area contributed by atoms with E-state index in [2.05, 4.69) is 10.6 Å². The molecule has 1 atom stereocenters. The molecule has 0 spiro atoms. The summed E-state index contributed by atoms with van der Waals surface area (Å²) in [5.41, 5.74) is 10.0. The number of carbonyl (C=O) groups is 1. The maximum atomic E-state index is 11.4. The molecule has 0 aliphatic rings. The van der Waals surface area contributed by atoms with Gasteiger partial charge in [-0.3, -0.25) is 10.2 Å². The normalized spacial score (nSPS) is 11.4. The van der Waals surface area contributed by atoms with Gasteiger partial charge in [0.25, 0.3) is 0 Å². The first-order valence-electron chi connectivity index (χ1n) is 9.32. The average molecular weight is 388 g/mol. The van der Waals surface area contributed by atoms with E-state index in [1.54, 1.807) is 0 Å². The van der Waals surface area contributed by atoms with E-state index < -0.39 is 5.97 Å². The Morgan fingerprint density at radius 3 is 2.34 bits per heavy atom. The van der Waals surface area contributed by atoms with Crippen molar-refractivity contribution < 1.29 is 9.90 Å². The first kappa shape index (κ1) is 19.9. The van der Waals surface area contributed by atoms with Crippen LogP contribution in [0.3, 0.4) is 0 Å². The number of carboxylic acids is 1. The lowest BCUT2D eigenvalue weighted by molar-refractivity contribution is -0.137. The molecular formula is C23H24N4O2. The molecule has 0 saturated heterocycles. The molecule has 0 aromatic heterocycles. The van der Waals surface area contributed by atoms with Crippen LogP contribution in [0.15, 0.2) is 78.9 Å². The minimum atomic E-state index is -0.827. The molecule has 3 aromatic carbocycles. The fraction of sp³-hybridized carbons (Fsp3) is 0.130. The Balaban J connectivity index is 1.76. The van der Waals surface area contributed by atoms with Crippen LogP contribution in [-0.2, 0) is 11.3 Å². The van der Waals surface area contributed by atoms with Gasteiger partial charge >= 0.3 is 5.97 Å². The summed E-state index contributed by atoms with van der Waals surface area (Å²) in [5.74, 6) is -1.14. The number of nitrogens with two attached hydrogens (primary N) is 1. The van der Waals surface area contributed by atoms with Crippen LogP contribution in [0.4, 0.5) is 11.4 Å². The van der Waals surface area contributed by atoms with E-state index in [1.165, 1.54) is 0 Å². The molecular weight excluding hydrogens is 364 g/mol. The molecule has 3 aromatic rings. The minimum Gasteiger partial charge on any atom is -0.481 e. The Hall–Kier alpha value is -3.80. The molecule has 1 unspecified atom stereocenters. The smallest absolute Gasteiger partial charge is 0.304 e. The molecule has 148 valence electrons. The Morgan fingerprint density at radius 1 is 0.931 bits per heavy atom. The number of nitrogens with one attached hydrogen (secondary N) is 3. The zero-order valence-electron chi connectivity index (χ0n) is 15.9. The second-order valence-corrected chi connectivity index (χ2v) is 6.78. The number of anilines is 2. The summed E-state index contributed by atoms with van der Waals surface area (Å²) < 4.78 is 0. The highest BCUT2D eigenvalue weighted by atomic mass is 16.4. The second-order valence-electron chi connectivity index (χ2n) is 6.78. The lowest BCUT2D eigenvalue weighted by Gasteiger charge is -2.17. The summed E-state index contributed by atoms with van der Waals surface area (Å²) >= 11 is 0. The van der Waals surface area contributed by atoms with Crippen LogP contribution in [0.25, 0.3) is 0 Å². The highest BCUT2D eigenvalue weighted by Crippen LogP contribution is 2.29. The number of hydrogen-bond acceptors (Lipinski definition) is 3. The van der Waals surface area contributed by atoms with E-state index in [0.717, 1.165) is 28.1 Å². The molecule has 0 radical (unpaired) electrons. The van der Waals surface area contributed by atoms with Crippen LogP contribution in [0, 0.1) is 5.41 Å². The van der Waals surface area contributed by atoms with Gasteiger partial charge in [0.2, 0.25) is 0 Å². The van der Waals surface area contributed by atoms with Gasteiger partial charge in [0, 0.05) is 23.8 Å². The maximum Gasteiger partial charge on any atom is 0.304 e. The van der Waals surface area contributed by atoms with Crippen molar-refractivity contribution >= 4 is 23.3 Å². The van der Waals surface area contributed by atoms with E-state index in [4.69, 9.17) is 11.1 Å². The number of aliphatic carboxylic acids is 1. The summed E-state index contributed by atoms with van der Waals surface area (Å²) in [7, 11) is 0. The van der Waals surface area contributed by atoms with E-state index in [9.17, 15) is 9.90 Å². The lowest BCUT2D eigenvalue weighted by atomic mass is 9.88. The Bertz CT molecular complexity index is 989. The molecule has 6 nitrogen and oxygen atoms in total. The van der Waals surface area contributed by atoms with Gasteiger partial charge in [0.15, 0.2) is 5.96 Å². The molecule has 0 bridgehead atoms.